The van der Waals surface area contributed by atoms with Crippen LogP contribution in [0.4, 0.5) is 13.2 Å². The molecule has 3 nitrogen and oxygen atoms in total. The molecule has 0 radical (unpaired) electrons. The van der Waals surface area contributed by atoms with E-state index in [0.717, 1.165) is 12.1 Å². The number of benzene rings is 1. The van der Waals surface area contributed by atoms with Crippen molar-refractivity contribution in [3.63, 3.8) is 0 Å². The number of nitrogens with one attached hydrogen (secondary N) is 1. The van der Waals surface area contributed by atoms with Gasteiger partial charge in [0.2, 0.25) is 0 Å². The third-order valence-electron chi connectivity index (χ3n) is 2.46. The Morgan fingerprint density at radius 2 is 1.89 bits per heavy atom. The molecule has 0 saturated carbocycles. The number of nitrogens with zero attached hydrogens (tertiary/aromatic N) is 1. The first-order valence-corrected chi connectivity index (χ1v) is 5.46. The van der Waals surface area contributed by atoms with Crippen LogP contribution in [0.3, 0.4) is 0 Å². The van der Waals surface area contributed by atoms with Gasteiger partial charge in [0.25, 0.3) is 0 Å². The quantitative estimate of drug-likeness (QED) is 0.839. The number of rotatable bonds is 1. The van der Waals surface area contributed by atoms with E-state index in [1.807, 2.05) is 0 Å². The average Bonchev–Trinajstić information content (AvgIpc) is 2.56. The molecule has 0 aliphatic rings. The highest BCUT2D eigenvalue weighted by molar-refractivity contribution is 6.32. The largest absolute Gasteiger partial charge is 0.417 e. The molecule has 2 N–H and O–H groups in total. The van der Waals surface area contributed by atoms with Gasteiger partial charge in [-0.05, 0) is 26.0 Å². The lowest BCUT2D eigenvalue weighted by Crippen LogP contribution is -2.17. The number of aromatic nitrogens is 2. The van der Waals surface area contributed by atoms with E-state index in [4.69, 9.17) is 11.6 Å². The Labute approximate surface area is 106 Å². The van der Waals surface area contributed by atoms with E-state index in [2.05, 4.69) is 9.97 Å². The van der Waals surface area contributed by atoms with E-state index in [1.54, 1.807) is 0 Å². The lowest BCUT2D eigenvalue weighted by atomic mass is 10.1. The Morgan fingerprint density at radius 1 is 1.28 bits per heavy atom. The average molecular weight is 279 g/mol. The zero-order chi connectivity index (χ0) is 13.7. The lowest BCUT2D eigenvalue weighted by Gasteiger charge is -2.12. The van der Waals surface area contributed by atoms with Crippen molar-refractivity contribution in [3.05, 3.63) is 28.5 Å². The zero-order valence-electron chi connectivity index (χ0n) is 9.56. The van der Waals surface area contributed by atoms with Crippen LogP contribution in [0.25, 0.3) is 11.0 Å². The Balaban J connectivity index is 2.65. The van der Waals surface area contributed by atoms with Crippen LogP contribution in [0.2, 0.25) is 5.02 Å². The molecular formula is C11H10ClF3N2O. The van der Waals surface area contributed by atoms with Crippen molar-refractivity contribution in [1.29, 1.82) is 0 Å². The van der Waals surface area contributed by atoms with Gasteiger partial charge in [-0.25, -0.2) is 4.98 Å². The molecule has 2 aromatic rings. The first-order valence-electron chi connectivity index (χ1n) is 5.08. The number of halogens is 4. The van der Waals surface area contributed by atoms with Crippen molar-refractivity contribution >= 4 is 22.6 Å². The molecule has 0 fully saturated rings. The number of imidazole rings is 1. The molecule has 1 heterocycles. The zero-order valence-corrected chi connectivity index (χ0v) is 10.3. The van der Waals surface area contributed by atoms with E-state index in [1.165, 1.54) is 13.8 Å². The fourth-order valence-corrected chi connectivity index (χ4v) is 1.80. The summed E-state index contributed by atoms with van der Waals surface area (Å²) in [5.74, 6) is 0.188. The van der Waals surface area contributed by atoms with Gasteiger partial charge in [0.1, 0.15) is 11.4 Å². The normalized spacial score (nSPS) is 13.3. The summed E-state index contributed by atoms with van der Waals surface area (Å²) in [6, 6.07) is 2.02. The maximum Gasteiger partial charge on any atom is 0.417 e. The van der Waals surface area contributed by atoms with Gasteiger partial charge >= 0.3 is 6.18 Å². The van der Waals surface area contributed by atoms with Gasteiger partial charge in [0, 0.05) is 0 Å². The summed E-state index contributed by atoms with van der Waals surface area (Å²) in [6.07, 6.45) is -4.52. The summed E-state index contributed by atoms with van der Waals surface area (Å²) in [5.41, 5.74) is -1.72. The highest BCUT2D eigenvalue weighted by Crippen LogP contribution is 2.37. The minimum Gasteiger partial charge on any atom is -0.383 e. The molecule has 18 heavy (non-hydrogen) atoms. The standard InChI is InChI=1S/C11H10ClF3N2O/c1-10(2,18)9-16-7-3-5(11(13,14)15)6(12)4-8(7)17-9/h3-4,18H,1-2H3,(H,16,17). The van der Waals surface area contributed by atoms with Gasteiger partial charge in [-0.1, -0.05) is 11.6 Å². The van der Waals surface area contributed by atoms with Crippen molar-refractivity contribution in [2.45, 2.75) is 25.6 Å². The lowest BCUT2D eigenvalue weighted by molar-refractivity contribution is -0.137. The smallest absolute Gasteiger partial charge is 0.383 e. The van der Waals surface area contributed by atoms with Crippen LogP contribution in [-0.2, 0) is 11.8 Å². The SMILES string of the molecule is CC(C)(O)c1nc2cc(Cl)c(C(F)(F)F)cc2[nH]1. The highest BCUT2D eigenvalue weighted by Gasteiger charge is 2.34. The summed E-state index contributed by atoms with van der Waals surface area (Å²) in [6.45, 7) is 2.97. The second-order valence-electron chi connectivity index (χ2n) is 4.49. The number of hydrogen-bond donors (Lipinski definition) is 2. The second-order valence-corrected chi connectivity index (χ2v) is 4.90. The minimum atomic E-state index is -4.52. The molecule has 0 unspecified atom stereocenters. The fraction of sp³-hybridized carbons (Fsp3) is 0.364. The van der Waals surface area contributed by atoms with Gasteiger partial charge in [0.05, 0.1) is 21.6 Å². The van der Waals surface area contributed by atoms with Gasteiger partial charge in [0.15, 0.2) is 0 Å². The van der Waals surface area contributed by atoms with E-state index in [0.29, 0.717) is 0 Å². The molecule has 0 spiro atoms. The minimum absolute atomic E-state index is 0.184. The van der Waals surface area contributed by atoms with Crippen LogP contribution in [-0.4, -0.2) is 15.1 Å². The maximum absolute atomic E-state index is 12.6. The third-order valence-corrected chi connectivity index (χ3v) is 2.77. The highest BCUT2D eigenvalue weighted by atomic mass is 35.5. The summed E-state index contributed by atoms with van der Waals surface area (Å²) < 4.78 is 37.9. The topological polar surface area (TPSA) is 48.9 Å². The monoisotopic (exact) mass is 278 g/mol. The number of alkyl halides is 3. The van der Waals surface area contributed by atoms with Gasteiger partial charge in [-0.2, -0.15) is 13.2 Å². The van der Waals surface area contributed by atoms with Crippen LogP contribution >= 0.6 is 11.6 Å². The van der Waals surface area contributed by atoms with Gasteiger partial charge in [-0.3, -0.25) is 0 Å². The molecule has 1 aromatic carbocycles. The van der Waals surface area contributed by atoms with Crippen molar-refractivity contribution in [1.82, 2.24) is 9.97 Å². The van der Waals surface area contributed by atoms with Crippen molar-refractivity contribution in [2.75, 3.05) is 0 Å². The predicted molar refractivity (Wildman–Crippen MR) is 61.4 cm³/mol. The molecule has 0 saturated heterocycles. The van der Waals surface area contributed by atoms with E-state index in [-0.39, 0.29) is 16.9 Å². The van der Waals surface area contributed by atoms with Crippen molar-refractivity contribution in [2.24, 2.45) is 0 Å². The molecule has 0 amide bonds. The Bertz CT molecular complexity index is 599. The Kier molecular flexibility index (Phi) is 2.82. The van der Waals surface area contributed by atoms with Crippen molar-refractivity contribution < 1.29 is 18.3 Å². The fourth-order valence-electron chi connectivity index (χ4n) is 1.54. The van der Waals surface area contributed by atoms with Crippen molar-refractivity contribution in [3.8, 4) is 0 Å². The molecule has 0 atom stereocenters. The van der Waals surface area contributed by atoms with Crippen LogP contribution in [0.15, 0.2) is 12.1 Å². The second kappa shape index (κ2) is 3.86. The number of hydrogen-bond acceptors (Lipinski definition) is 2. The number of aromatic amines is 1. The molecule has 0 aliphatic heterocycles. The molecule has 0 aliphatic carbocycles. The first-order chi connectivity index (χ1) is 8.09. The molecule has 7 heteroatoms. The van der Waals surface area contributed by atoms with Crippen LogP contribution in [0, 0.1) is 0 Å². The first kappa shape index (κ1) is 13.2. The maximum atomic E-state index is 12.6. The third kappa shape index (κ3) is 2.30. The number of fused-ring (bicyclic) bond motifs is 1. The van der Waals surface area contributed by atoms with E-state index in [9.17, 15) is 18.3 Å². The number of aliphatic hydroxyl groups is 1. The van der Waals surface area contributed by atoms with Crippen LogP contribution in [0.1, 0.15) is 25.2 Å². The summed E-state index contributed by atoms with van der Waals surface area (Å²) >= 11 is 5.57. The summed E-state index contributed by atoms with van der Waals surface area (Å²) in [5, 5.41) is 9.33. The molecule has 0 bridgehead atoms. The Hall–Kier alpha value is -1.27. The number of H-pyrrole nitrogens is 1. The van der Waals surface area contributed by atoms with Gasteiger partial charge in [-0.15, -0.1) is 0 Å². The van der Waals surface area contributed by atoms with Crippen LogP contribution < -0.4 is 0 Å². The van der Waals surface area contributed by atoms with Gasteiger partial charge < -0.3 is 10.1 Å². The van der Waals surface area contributed by atoms with E-state index < -0.39 is 22.4 Å². The Morgan fingerprint density at radius 3 is 2.39 bits per heavy atom. The molecule has 98 valence electrons. The van der Waals surface area contributed by atoms with E-state index >= 15 is 0 Å². The molecular weight excluding hydrogens is 269 g/mol. The summed E-state index contributed by atoms with van der Waals surface area (Å²) in [4.78, 5) is 6.67. The summed E-state index contributed by atoms with van der Waals surface area (Å²) in [7, 11) is 0. The molecule has 2 rings (SSSR count). The predicted octanol–water partition coefficient (Wildman–Crippen LogP) is 3.46. The molecule has 1 aromatic heterocycles. The van der Waals surface area contributed by atoms with Crippen LogP contribution in [0.5, 0.6) is 0 Å².